The zero-order valence-electron chi connectivity index (χ0n) is 16.2. The smallest absolute Gasteiger partial charge is 0.282 e. The summed E-state index contributed by atoms with van der Waals surface area (Å²) < 4.78 is 14.2. The van der Waals surface area contributed by atoms with E-state index < -0.39 is 10.8 Å². The Morgan fingerprint density at radius 2 is 1.97 bits per heavy atom. The Morgan fingerprint density at radius 1 is 1.24 bits per heavy atom. The number of nitro groups is 1. The van der Waals surface area contributed by atoms with Crippen molar-refractivity contribution in [3.63, 3.8) is 0 Å². The number of quaternary nitrogens is 1. The Balaban J connectivity index is 2.02. The largest absolute Gasteiger partial charge is 0.334 e. The molecular formula is C20H22FN4O3S+. The van der Waals surface area contributed by atoms with Gasteiger partial charge in [0.2, 0.25) is 0 Å². The van der Waals surface area contributed by atoms with Crippen molar-refractivity contribution in [1.82, 2.24) is 4.98 Å². The van der Waals surface area contributed by atoms with E-state index in [1.807, 2.05) is 0 Å². The summed E-state index contributed by atoms with van der Waals surface area (Å²) in [6, 6.07) is 10.1. The molecule has 9 heteroatoms. The van der Waals surface area contributed by atoms with E-state index in [1.54, 1.807) is 12.1 Å². The maximum Gasteiger partial charge on any atom is 0.282 e. The fraction of sp³-hybridized carbons (Fsp3) is 0.300. The number of halogens is 1. The number of hydrogen-bond donors (Lipinski definition) is 1. The number of hydrogen-bond acceptors (Lipinski definition) is 5. The molecule has 1 heterocycles. The summed E-state index contributed by atoms with van der Waals surface area (Å²) >= 11 is 1.20. The van der Waals surface area contributed by atoms with Crippen molar-refractivity contribution in [2.75, 3.05) is 31.1 Å². The van der Waals surface area contributed by atoms with Crippen LogP contribution in [0.2, 0.25) is 0 Å². The van der Waals surface area contributed by atoms with Gasteiger partial charge in [0.05, 0.1) is 41.3 Å². The lowest BCUT2D eigenvalue weighted by Gasteiger charge is -2.23. The number of likely N-dealkylation sites (N-methyl/N-ethyl adjacent to an activating group) is 1. The average molecular weight is 417 g/mol. The first-order valence-electron chi connectivity index (χ1n) is 9.39. The number of nitrogens with zero attached hydrogens (tertiary/aromatic N) is 3. The number of fused-ring (bicyclic) bond motifs is 1. The van der Waals surface area contributed by atoms with Gasteiger partial charge in [-0.25, -0.2) is 9.37 Å². The quantitative estimate of drug-likeness (QED) is 0.451. The number of aromatic nitrogens is 1. The second-order valence-corrected chi connectivity index (χ2v) is 7.56. The first kappa shape index (κ1) is 20.8. The molecule has 1 amide bonds. The van der Waals surface area contributed by atoms with Crippen molar-refractivity contribution in [2.45, 2.75) is 13.8 Å². The van der Waals surface area contributed by atoms with Crippen molar-refractivity contribution in [2.24, 2.45) is 0 Å². The molecule has 0 unspecified atom stereocenters. The third-order valence-corrected chi connectivity index (χ3v) is 5.88. The summed E-state index contributed by atoms with van der Waals surface area (Å²) in [6.45, 7) is 6.94. The Hall–Kier alpha value is -2.91. The number of nitrogens with one attached hydrogen (secondary N) is 1. The number of benzene rings is 2. The highest BCUT2D eigenvalue weighted by atomic mass is 32.1. The summed E-state index contributed by atoms with van der Waals surface area (Å²) in [7, 11) is 0. The van der Waals surface area contributed by atoms with Crippen molar-refractivity contribution in [3.8, 4) is 0 Å². The van der Waals surface area contributed by atoms with E-state index in [1.165, 1.54) is 51.5 Å². The summed E-state index contributed by atoms with van der Waals surface area (Å²) in [5.41, 5.74) is 0.351. The fourth-order valence-electron chi connectivity index (χ4n) is 3.12. The zero-order valence-corrected chi connectivity index (χ0v) is 17.0. The molecule has 3 aromatic rings. The van der Waals surface area contributed by atoms with Gasteiger partial charge in [0, 0.05) is 6.07 Å². The fourth-order valence-corrected chi connectivity index (χ4v) is 4.13. The molecule has 0 radical (unpaired) electrons. The van der Waals surface area contributed by atoms with Crippen LogP contribution < -0.4 is 9.80 Å². The number of carbonyl (C=O) groups is 1. The van der Waals surface area contributed by atoms with Crippen LogP contribution >= 0.6 is 11.3 Å². The second kappa shape index (κ2) is 9.06. The first-order valence-corrected chi connectivity index (χ1v) is 10.2. The van der Waals surface area contributed by atoms with Crippen LogP contribution in [-0.2, 0) is 0 Å². The van der Waals surface area contributed by atoms with Crippen LogP contribution in [0.1, 0.15) is 24.2 Å². The third-order valence-electron chi connectivity index (χ3n) is 4.84. The van der Waals surface area contributed by atoms with E-state index in [4.69, 9.17) is 0 Å². The molecule has 2 aromatic carbocycles. The zero-order chi connectivity index (χ0) is 21.0. The number of para-hydroxylation sites is 1. The van der Waals surface area contributed by atoms with E-state index in [2.05, 4.69) is 18.8 Å². The highest BCUT2D eigenvalue weighted by Gasteiger charge is 2.28. The molecule has 7 nitrogen and oxygen atoms in total. The van der Waals surface area contributed by atoms with E-state index in [0.29, 0.717) is 28.4 Å². The monoisotopic (exact) mass is 417 g/mol. The highest BCUT2D eigenvalue weighted by Crippen LogP contribution is 2.31. The predicted octanol–water partition coefficient (Wildman–Crippen LogP) is 2.92. The highest BCUT2D eigenvalue weighted by molar-refractivity contribution is 7.22. The summed E-state index contributed by atoms with van der Waals surface area (Å²) in [4.78, 5) is 31.4. The summed E-state index contributed by atoms with van der Waals surface area (Å²) in [5.74, 6) is -0.861. The number of amides is 1. The number of nitro benzene ring substituents is 1. The van der Waals surface area contributed by atoms with Crippen molar-refractivity contribution in [1.29, 1.82) is 0 Å². The van der Waals surface area contributed by atoms with Crippen LogP contribution in [0, 0.1) is 15.9 Å². The number of thiazole rings is 1. The van der Waals surface area contributed by atoms with E-state index in [0.717, 1.165) is 13.1 Å². The Kier molecular flexibility index (Phi) is 6.50. The molecule has 0 aliphatic heterocycles. The Labute approximate surface area is 171 Å². The lowest BCUT2D eigenvalue weighted by Crippen LogP contribution is -3.12. The topological polar surface area (TPSA) is 80.8 Å². The molecule has 0 saturated heterocycles. The summed E-state index contributed by atoms with van der Waals surface area (Å²) in [5, 5.41) is 11.8. The van der Waals surface area contributed by atoms with E-state index in [-0.39, 0.29) is 17.1 Å². The van der Waals surface area contributed by atoms with Crippen molar-refractivity contribution in [3.05, 3.63) is 64.0 Å². The van der Waals surface area contributed by atoms with Gasteiger partial charge < -0.3 is 4.90 Å². The molecule has 0 bridgehead atoms. The second-order valence-electron chi connectivity index (χ2n) is 6.55. The van der Waals surface area contributed by atoms with Crippen LogP contribution in [0.3, 0.4) is 0 Å². The number of rotatable bonds is 8. The van der Waals surface area contributed by atoms with E-state index >= 15 is 0 Å². The van der Waals surface area contributed by atoms with Gasteiger partial charge in [-0.05, 0) is 38.1 Å². The van der Waals surface area contributed by atoms with Gasteiger partial charge >= 0.3 is 0 Å². The minimum atomic E-state index is -0.561. The molecule has 0 spiro atoms. The van der Waals surface area contributed by atoms with Crippen LogP contribution in [0.4, 0.5) is 15.2 Å². The average Bonchev–Trinajstić information content (AvgIpc) is 3.13. The molecule has 152 valence electrons. The predicted molar refractivity (Wildman–Crippen MR) is 111 cm³/mol. The standard InChI is InChI=1S/C20H21FN4O3S/c1-3-23(4-2)11-12-24(19(26)15-7-5-6-8-17(15)25(27)28)20-22-16-10-9-14(21)13-18(16)29-20/h5-10,13H,3-4,11-12H2,1-2H3/p+1. The van der Waals surface area contributed by atoms with Gasteiger partial charge in [0.25, 0.3) is 11.6 Å². The third kappa shape index (κ3) is 4.57. The normalized spacial score (nSPS) is 11.2. The Morgan fingerprint density at radius 3 is 2.66 bits per heavy atom. The van der Waals surface area contributed by atoms with Gasteiger partial charge in [0.15, 0.2) is 5.13 Å². The summed E-state index contributed by atoms with van der Waals surface area (Å²) in [6.07, 6.45) is 0. The first-order chi connectivity index (χ1) is 13.9. The lowest BCUT2D eigenvalue weighted by atomic mass is 10.1. The van der Waals surface area contributed by atoms with Gasteiger partial charge in [0.1, 0.15) is 11.4 Å². The maximum atomic E-state index is 13.6. The molecule has 0 fully saturated rings. The van der Waals surface area contributed by atoms with E-state index in [9.17, 15) is 19.3 Å². The van der Waals surface area contributed by atoms with Gasteiger partial charge in [-0.3, -0.25) is 19.8 Å². The van der Waals surface area contributed by atoms with Crippen molar-refractivity contribution >= 4 is 38.3 Å². The molecule has 1 N–H and O–H groups in total. The van der Waals surface area contributed by atoms with Crippen LogP contribution in [0.5, 0.6) is 0 Å². The van der Waals surface area contributed by atoms with Crippen LogP contribution in [-0.4, -0.2) is 42.0 Å². The number of carbonyl (C=O) groups excluding carboxylic acids is 1. The molecule has 29 heavy (non-hydrogen) atoms. The van der Waals surface area contributed by atoms with Crippen molar-refractivity contribution < 1.29 is 19.0 Å². The molecular weight excluding hydrogens is 395 g/mol. The molecule has 3 rings (SSSR count). The molecule has 1 aromatic heterocycles. The SMILES string of the molecule is CC[NH+](CC)CCN(C(=O)c1ccccc1[N+](=O)[O-])c1nc2ccc(F)cc2s1. The molecule has 0 aliphatic rings. The van der Waals surface area contributed by atoms with Gasteiger partial charge in [-0.15, -0.1) is 0 Å². The van der Waals surface area contributed by atoms with Crippen LogP contribution in [0.15, 0.2) is 42.5 Å². The Bertz CT molecular complexity index is 1040. The van der Waals surface area contributed by atoms with Gasteiger partial charge in [-0.2, -0.15) is 0 Å². The molecule has 0 atom stereocenters. The number of anilines is 1. The molecule has 0 aliphatic carbocycles. The lowest BCUT2D eigenvalue weighted by molar-refractivity contribution is -0.894. The van der Waals surface area contributed by atoms with Crippen LogP contribution in [0.25, 0.3) is 10.2 Å². The minimum Gasteiger partial charge on any atom is -0.334 e. The molecule has 0 saturated carbocycles. The van der Waals surface area contributed by atoms with Gasteiger partial charge in [-0.1, -0.05) is 23.5 Å². The minimum absolute atomic E-state index is 0.0116. The maximum absolute atomic E-state index is 13.6.